The van der Waals surface area contributed by atoms with Crippen LogP contribution in [0.2, 0.25) is 0 Å². The van der Waals surface area contributed by atoms with Gasteiger partial charge in [-0.1, -0.05) is 47.6 Å². The molecule has 0 amide bonds. The highest BCUT2D eigenvalue weighted by Gasteiger charge is 2.26. The van der Waals surface area contributed by atoms with Gasteiger partial charge in [-0.2, -0.15) is 0 Å². The summed E-state index contributed by atoms with van der Waals surface area (Å²) in [5.41, 5.74) is 3.20. The lowest BCUT2D eigenvalue weighted by molar-refractivity contribution is 0.499. The molecule has 0 nitrogen and oxygen atoms in total. The maximum Gasteiger partial charge on any atom is 0.000168 e. The molecule has 1 aliphatic rings. The Labute approximate surface area is 82.7 Å². The van der Waals surface area contributed by atoms with Gasteiger partial charge in [0.1, 0.15) is 0 Å². The quantitative estimate of drug-likeness (QED) is 0.568. The van der Waals surface area contributed by atoms with E-state index in [-0.39, 0.29) is 5.41 Å². The van der Waals surface area contributed by atoms with E-state index >= 15 is 0 Å². The first-order valence-corrected chi connectivity index (χ1v) is 5.18. The number of allylic oxidation sites excluding steroid dienone is 4. The third kappa shape index (κ3) is 2.24. The van der Waals surface area contributed by atoms with Crippen molar-refractivity contribution >= 4 is 0 Å². The molecule has 0 aliphatic heterocycles. The molecule has 0 aromatic carbocycles. The molecule has 0 aromatic heterocycles. The Balaban J connectivity index is 2.99. The predicted molar refractivity (Wildman–Crippen MR) is 58.3 cm³/mol. The topological polar surface area (TPSA) is 0 Å². The van der Waals surface area contributed by atoms with Gasteiger partial charge in [-0.3, -0.25) is 0 Å². The average Bonchev–Trinajstić information content (AvgIpc) is 2.29. The SMILES string of the molecule is CC1[C]=C(C(C)C)C(C(C)(C)C)=C1. The Morgan fingerprint density at radius 2 is 1.85 bits per heavy atom. The van der Waals surface area contributed by atoms with Crippen LogP contribution >= 0.6 is 0 Å². The Kier molecular flexibility index (Phi) is 2.70. The summed E-state index contributed by atoms with van der Waals surface area (Å²) in [7, 11) is 0. The highest BCUT2D eigenvalue weighted by atomic mass is 14.3. The van der Waals surface area contributed by atoms with Crippen LogP contribution in [0.5, 0.6) is 0 Å². The van der Waals surface area contributed by atoms with Crippen molar-refractivity contribution in [3.05, 3.63) is 23.3 Å². The van der Waals surface area contributed by atoms with Crippen LogP contribution in [0.25, 0.3) is 0 Å². The average molecular weight is 177 g/mol. The lowest BCUT2D eigenvalue weighted by Crippen LogP contribution is -2.12. The van der Waals surface area contributed by atoms with E-state index < -0.39 is 0 Å². The van der Waals surface area contributed by atoms with Gasteiger partial charge in [0.05, 0.1) is 0 Å². The second-order valence-electron chi connectivity index (χ2n) is 5.33. The van der Waals surface area contributed by atoms with Crippen LogP contribution in [0.15, 0.2) is 17.2 Å². The van der Waals surface area contributed by atoms with Crippen LogP contribution in [0.4, 0.5) is 0 Å². The van der Waals surface area contributed by atoms with Crippen molar-refractivity contribution in [3.63, 3.8) is 0 Å². The molecule has 73 valence electrons. The molecular formula is C13H21. The maximum atomic E-state index is 3.53. The van der Waals surface area contributed by atoms with Gasteiger partial charge in [-0.15, -0.1) is 0 Å². The van der Waals surface area contributed by atoms with E-state index in [2.05, 4.69) is 53.7 Å². The second kappa shape index (κ2) is 3.32. The first kappa shape index (κ1) is 10.6. The molecule has 0 saturated carbocycles. The van der Waals surface area contributed by atoms with E-state index in [0.717, 1.165) is 0 Å². The smallest absolute Gasteiger partial charge is 0.000168 e. The van der Waals surface area contributed by atoms with E-state index in [0.29, 0.717) is 11.8 Å². The fourth-order valence-corrected chi connectivity index (χ4v) is 1.84. The molecule has 1 atom stereocenters. The number of rotatable bonds is 1. The van der Waals surface area contributed by atoms with Crippen LogP contribution in [-0.2, 0) is 0 Å². The van der Waals surface area contributed by atoms with Gasteiger partial charge < -0.3 is 0 Å². The summed E-state index contributed by atoms with van der Waals surface area (Å²) < 4.78 is 0. The normalized spacial score (nSPS) is 23.5. The zero-order chi connectivity index (χ0) is 10.2. The largest absolute Gasteiger partial charge is 0.0732 e. The Morgan fingerprint density at radius 1 is 1.31 bits per heavy atom. The minimum absolute atomic E-state index is 0.275. The lowest BCUT2D eigenvalue weighted by atomic mass is 9.80. The van der Waals surface area contributed by atoms with Crippen molar-refractivity contribution in [2.75, 3.05) is 0 Å². The summed E-state index contributed by atoms with van der Waals surface area (Å²) in [6.45, 7) is 13.5. The van der Waals surface area contributed by atoms with Crippen LogP contribution < -0.4 is 0 Å². The third-order valence-electron chi connectivity index (χ3n) is 2.48. The van der Waals surface area contributed by atoms with Crippen LogP contribution in [-0.4, -0.2) is 0 Å². The van der Waals surface area contributed by atoms with E-state index in [4.69, 9.17) is 0 Å². The van der Waals surface area contributed by atoms with Gasteiger partial charge in [0.2, 0.25) is 0 Å². The molecule has 1 rings (SSSR count). The molecular weight excluding hydrogens is 156 g/mol. The predicted octanol–water partition coefficient (Wildman–Crippen LogP) is 3.99. The molecule has 0 aromatic rings. The standard InChI is InChI=1S/C13H21/c1-9(2)11-7-10(3)8-12(11)13(4,5)6/h8-10H,1-6H3. The molecule has 1 radical (unpaired) electrons. The van der Waals surface area contributed by atoms with E-state index in [9.17, 15) is 0 Å². The minimum atomic E-state index is 0.275. The van der Waals surface area contributed by atoms with E-state index in [1.807, 2.05) is 0 Å². The Hall–Kier alpha value is -0.520. The molecule has 0 heterocycles. The van der Waals surface area contributed by atoms with Crippen molar-refractivity contribution in [2.24, 2.45) is 17.3 Å². The first-order chi connectivity index (χ1) is 5.82. The summed E-state index contributed by atoms with van der Waals surface area (Å²) in [6, 6.07) is 0. The maximum absolute atomic E-state index is 3.53. The van der Waals surface area contributed by atoms with Gasteiger partial charge in [-0.25, -0.2) is 0 Å². The fraction of sp³-hybridized carbons (Fsp3) is 0.692. The summed E-state index contributed by atoms with van der Waals surface area (Å²) in [4.78, 5) is 0. The molecule has 1 unspecified atom stereocenters. The zero-order valence-corrected chi connectivity index (χ0v) is 9.73. The zero-order valence-electron chi connectivity index (χ0n) is 9.73. The number of hydrogen-bond acceptors (Lipinski definition) is 0. The molecule has 13 heavy (non-hydrogen) atoms. The fourth-order valence-electron chi connectivity index (χ4n) is 1.84. The van der Waals surface area contributed by atoms with Crippen molar-refractivity contribution in [1.82, 2.24) is 0 Å². The van der Waals surface area contributed by atoms with E-state index in [1.54, 1.807) is 0 Å². The summed E-state index contributed by atoms with van der Waals surface area (Å²) in [6.07, 6.45) is 5.89. The monoisotopic (exact) mass is 177 g/mol. The van der Waals surface area contributed by atoms with E-state index in [1.165, 1.54) is 11.1 Å². The lowest BCUT2D eigenvalue weighted by Gasteiger charge is -2.25. The molecule has 0 saturated heterocycles. The summed E-state index contributed by atoms with van der Waals surface area (Å²) in [5.74, 6) is 1.11. The second-order valence-corrected chi connectivity index (χ2v) is 5.33. The Morgan fingerprint density at radius 3 is 2.15 bits per heavy atom. The molecule has 0 bridgehead atoms. The van der Waals surface area contributed by atoms with Crippen molar-refractivity contribution in [3.8, 4) is 0 Å². The van der Waals surface area contributed by atoms with Gasteiger partial charge >= 0.3 is 0 Å². The summed E-state index contributed by atoms with van der Waals surface area (Å²) in [5, 5.41) is 0. The Bertz CT molecular complexity index is 246. The molecule has 0 heteroatoms. The molecule has 0 spiro atoms. The van der Waals surface area contributed by atoms with Gasteiger partial charge in [0.25, 0.3) is 0 Å². The van der Waals surface area contributed by atoms with Crippen molar-refractivity contribution in [2.45, 2.75) is 41.5 Å². The van der Waals surface area contributed by atoms with Gasteiger partial charge in [-0.05, 0) is 28.6 Å². The highest BCUT2D eigenvalue weighted by molar-refractivity contribution is 5.40. The van der Waals surface area contributed by atoms with Crippen molar-refractivity contribution in [1.29, 1.82) is 0 Å². The highest BCUT2D eigenvalue weighted by Crippen LogP contribution is 2.39. The number of hydrogen-bond donors (Lipinski definition) is 0. The van der Waals surface area contributed by atoms with Crippen LogP contribution in [0.1, 0.15) is 41.5 Å². The summed E-state index contributed by atoms with van der Waals surface area (Å²) >= 11 is 0. The molecule has 0 N–H and O–H groups in total. The van der Waals surface area contributed by atoms with Crippen LogP contribution in [0.3, 0.4) is 0 Å². The third-order valence-corrected chi connectivity index (χ3v) is 2.48. The molecule has 1 aliphatic carbocycles. The minimum Gasteiger partial charge on any atom is -0.0732 e. The van der Waals surface area contributed by atoms with Gasteiger partial charge in [0.15, 0.2) is 0 Å². The van der Waals surface area contributed by atoms with Gasteiger partial charge in [0, 0.05) is 5.92 Å². The van der Waals surface area contributed by atoms with Crippen molar-refractivity contribution < 1.29 is 0 Å². The molecule has 0 fully saturated rings. The first-order valence-electron chi connectivity index (χ1n) is 5.18. The van der Waals surface area contributed by atoms with Crippen LogP contribution in [0, 0.1) is 23.3 Å².